The predicted molar refractivity (Wildman–Crippen MR) is 85.6 cm³/mol. The summed E-state index contributed by atoms with van der Waals surface area (Å²) in [6.45, 7) is 2.79. The van der Waals surface area contributed by atoms with Gasteiger partial charge < -0.3 is 15.2 Å². The van der Waals surface area contributed by atoms with Crippen LogP contribution < -0.4 is 15.2 Å². The zero-order chi connectivity index (χ0) is 15.0. The van der Waals surface area contributed by atoms with E-state index in [1.165, 1.54) is 0 Å². The first-order chi connectivity index (χ1) is 10.1. The molecule has 2 aromatic rings. The van der Waals surface area contributed by atoms with E-state index in [1.807, 2.05) is 37.3 Å². The second-order valence-corrected chi connectivity index (χ2v) is 5.84. The van der Waals surface area contributed by atoms with Crippen molar-refractivity contribution in [1.29, 1.82) is 0 Å². The van der Waals surface area contributed by atoms with Gasteiger partial charge in [0.05, 0.1) is 10.0 Å². The maximum absolute atomic E-state index is 6.38. The van der Waals surface area contributed by atoms with E-state index in [2.05, 4.69) is 0 Å². The van der Waals surface area contributed by atoms with Crippen molar-refractivity contribution in [3.05, 3.63) is 45.9 Å². The third-order valence-electron chi connectivity index (χ3n) is 3.41. The molecular formula is C16H15Cl2NO2. The molecule has 2 aromatic carbocycles. The highest BCUT2D eigenvalue weighted by Crippen LogP contribution is 2.45. The molecule has 1 atom stereocenters. The Kier molecular flexibility index (Phi) is 3.98. The molecule has 21 heavy (non-hydrogen) atoms. The fourth-order valence-electron chi connectivity index (χ4n) is 2.40. The molecule has 0 saturated carbocycles. The number of rotatable bonds is 2. The van der Waals surface area contributed by atoms with Crippen LogP contribution in [0.4, 0.5) is 0 Å². The van der Waals surface area contributed by atoms with Gasteiger partial charge in [-0.2, -0.15) is 0 Å². The molecule has 2 N–H and O–H groups in total. The first-order valence-corrected chi connectivity index (χ1v) is 7.44. The van der Waals surface area contributed by atoms with E-state index in [-0.39, 0.29) is 6.10 Å². The van der Waals surface area contributed by atoms with Gasteiger partial charge in [0.1, 0.15) is 12.7 Å². The fourth-order valence-corrected chi connectivity index (χ4v) is 3.20. The minimum absolute atomic E-state index is 0.165. The Morgan fingerprint density at radius 3 is 2.62 bits per heavy atom. The molecule has 0 saturated heterocycles. The minimum atomic E-state index is -0.165. The zero-order valence-corrected chi connectivity index (χ0v) is 13.0. The molecule has 3 nitrogen and oxygen atoms in total. The Hall–Kier alpha value is -1.42. The van der Waals surface area contributed by atoms with Gasteiger partial charge >= 0.3 is 0 Å². The predicted octanol–water partition coefficient (Wildman–Crippen LogP) is 4.07. The van der Waals surface area contributed by atoms with Gasteiger partial charge in [-0.05, 0) is 30.7 Å². The molecule has 0 bridgehead atoms. The van der Waals surface area contributed by atoms with Crippen LogP contribution in [0.5, 0.6) is 11.5 Å². The van der Waals surface area contributed by atoms with Gasteiger partial charge in [0, 0.05) is 17.7 Å². The summed E-state index contributed by atoms with van der Waals surface area (Å²) in [6.07, 6.45) is -0.165. The molecule has 0 radical (unpaired) electrons. The van der Waals surface area contributed by atoms with Crippen LogP contribution in [-0.4, -0.2) is 19.3 Å². The van der Waals surface area contributed by atoms with Crippen molar-refractivity contribution in [2.45, 2.75) is 13.0 Å². The lowest BCUT2D eigenvalue weighted by molar-refractivity contribution is 0.0976. The SMILES string of the molecule is Cc1cc(Cl)c(-c2cccc3c2O[C@@H](CN)CO3)c(Cl)c1. The quantitative estimate of drug-likeness (QED) is 0.906. The number of para-hydroxylation sites is 1. The summed E-state index contributed by atoms with van der Waals surface area (Å²) in [5.74, 6) is 1.33. The van der Waals surface area contributed by atoms with E-state index < -0.39 is 0 Å². The third-order valence-corrected chi connectivity index (χ3v) is 4.00. The third kappa shape index (κ3) is 2.69. The smallest absolute Gasteiger partial charge is 0.169 e. The van der Waals surface area contributed by atoms with Gasteiger partial charge in [-0.25, -0.2) is 0 Å². The summed E-state index contributed by atoms with van der Waals surface area (Å²) in [7, 11) is 0. The summed E-state index contributed by atoms with van der Waals surface area (Å²) in [6, 6.07) is 9.44. The van der Waals surface area contributed by atoms with Crippen LogP contribution in [0.3, 0.4) is 0 Å². The molecule has 0 amide bonds. The molecule has 1 aliphatic heterocycles. The van der Waals surface area contributed by atoms with Crippen molar-refractivity contribution in [1.82, 2.24) is 0 Å². The summed E-state index contributed by atoms with van der Waals surface area (Å²) in [4.78, 5) is 0. The summed E-state index contributed by atoms with van der Waals surface area (Å²) in [5, 5.41) is 1.18. The van der Waals surface area contributed by atoms with Crippen molar-refractivity contribution >= 4 is 23.2 Å². The average Bonchev–Trinajstić information content (AvgIpc) is 2.46. The fraction of sp³-hybridized carbons (Fsp3) is 0.250. The molecule has 0 spiro atoms. The number of benzene rings is 2. The van der Waals surface area contributed by atoms with Crippen LogP contribution in [0.25, 0.3) is 11.1 Å². The zero-order valence-electron chi connectivity index (χ0n) is 11.5. The van der Waals surface area contributed by atoms with Crippen molar-refractivity contribution in [3.8, 4) is 22.6 Å². The Balaban J connectivity index is 2.17. The summed E-state index contributed by atoms with van der Waals surface area (Å²) < 4.78 is 11.6. The van der Waals surface area contributed by atoms with E-state index >= 15 is 0 Å². The second kappa shape index (κ2) is 5.76. The highest BCUT2D eigenvalue weighted by atomic mass is 35.5. The molecule has 0 fully saturated rings. The average molecular weight is 324 g/mol. The number of fused-ring (bicyclic) bond motifs is 1. The number of ether oxygens (including phenoxy) is 2. The number of halogens is 2. The lowest BCUT2D eigenvalue weighted by Gasteiger charge is -2.27. The van der Waals surface area contributed by atoms with Crippen LogP contribution in [0, 0.1) is 6.92 Å². The first kappa shape index (κ1) is 14.5. The van der Waals surface area contributed by atoms with E-state index in [0.717, 1.165) is 16.7 Å². The van der Waals surface area contributed by atoms with E-state index in [9.17, 15) is 0 Å². The van der Waals surface area contributed by atoms with Crippen LogP contribution in [0.1, 0.15) is 5.56 Å². The first-order valence-electron chi connectivity index (χ1n) is 6.68. The second-order valence-electron chi connectivity index (χ2n) is 5.02. The number of aryl methyl sites for hydroxylation is 1. The Morgan fingerprint density at radius 1 is 1.24 bits per heavy atom. The van der Waals surface area contributed by atoms with Gasteiger partial charge in [-0.1, -0.05) is 35.3 Å². The lowest BCUT2D eigenvalue weighted by atomic mass is 10.0. The monoisotopic (exact) mass is 323 g/mol. The highest BCUT2D eigenvalue weighted by Gasteiger charge is 2.25. The summed E-state index contributed by atoms with van der Waals surface area (Å²) in [5.41, 5.74) is 8.25. The van der Waals surface area contributed by atoms with Gasteiger partial charge in [0.2, 0.25) is 0 Å². The molecule has 5 heteroatoms. The van der Waals surface area contributed by atoms with Gasteiger partial charge in [0.15, 0.2) is 11.5 Å². The van der Waals surface area contributed by atoms with E-state index in [0.29, 0.717) is 34.7 Å². The standard InChI is InChI=1S/C16H15Cl2NO2/c1-9-5-12(17)15(13(18)6-9)11-3-2-4-14-16(11)21-10(7-19)8-20-14/h2-6,10H,7-8,19H2,1H3/t10-/m0/s1. The number of hydrogen-bond donors (Lipinski definition) is 1. The number of nitrogens with two attached hydrogens (primary N) is 1. The van der Waals surface area contributed by atoms with Gasteiger partial charge in [0.25, 0.3) is 0 Å². The number of hydrogen-bond acceptors (Lipinski definition) is 3. The van der Waals surface area contributed by atoms with Gasteiger partial charge in [-0.3, -0.25) is 0 Å². The van der Waals surface area contributed by atoms with Gasteiger partial charge in [-0.15, -0.1) is 0 Å². The topological polar surface area (TPSA) is 44.5 Å². The molecule has 0 aliphatic carbocycles. The van der Waals surface area contributed by atoms with Crippen molar-refractivity contribution in [2.24, 2.45) is 5.73 Å². The maximum atomic E-state index is 6.38. The van der Waals surface area contributed by atoms with E-state index in [1.54, 1.807) is 0 Å². The Bertz CT molecular complexity index is 665. The van der Waals surface area contributed by atoms with Crippen LogP contribution in [-0.2, 0) is 0 Å². The molecule has 0 aromatic heterocycles. The molecule has 1 aliphatic rings. The Labute approximate surface area is 133 Å². The Morgan fingerprint density at radius 2 is 1.95 bits per heavy atom. The maximum Gasteiger partial charge on any atom is 0.169 e. The largest absolute Gasteiger partial charge is 0.486 e. The normalized spacial score (nSPS) is 16.9. The minimum Gasteiger partial charge on any atom is -0.486 e. The van der Waals surface area contributed by atoms with Crippen molar-refractivity contribution in [3.63, 3.8) is 0 Å². The lowest BCUT2D eigenvalue weighted by Crippen LogP contribution is -2.35. The van der Waals surface area contributed by atoms with Crippen molar-refractivity contribution < 1.29 is 9.47 Å². The van der Waals surface area contributed by atoms with Crippen LogP contribution in [0.15, 0.2) is 30.3 Å². The molecule has 3 rings (SSSR count). The van der Waals surface area contributed by atoms with Crippen LogP contribution in [0.2, 0.25) is 10.0 Å². The highest BCUT2D eigenvalue weighted by molar-refractivity contribution is 6.39. The van der Waals surface area contributed by atoms with Crippen LogP contribution >= 0.6 is 23.2 Å². The summed E-state index contributed by atoms with van der Waals surface area (Å²) >= 11 is 12.8. The molecule has 110 valence electrons. The molecule has 1 heterocycles. The molecule has 0 unspecified atom stereocenters. The molecular weight excluding hydrogens is 309 g/mol. The van der Waals surface area contributed by atoms with E-state index in [4.69, 9.17) is 38.4 Å². The van der Waals surface area contributed by atoms with Crippen molar-refractivity contribution in [2.75, 3.05) is 13.2 Å².